The molecule has 1 aliphatic carbocycles. The summed E-state index contributed by atoms with van der Waals surface area (Å²) in [7, 11) is 2.05. The summed E-state index contributed by atoms with van der Waals surface area (Å²) in [6.07, 6.45) is 4.86. The first-order valence-corrected chi connectivity index (χ1v) is 8.62. The van der Waals surface area contributed by atoms with E-state index in [1.165, 1.54) is 31.2 Å². The second-order valence-electron chi connectivity index (χ2n) is 6.64. The predicted molar refractivity (Wildman–Crippen MR) is 90.3 cm³/mol. The second kappa shape index (κ2) is 7.10. The summed E-state index contributed by atoms with van der Waals surface area (Å²) in [6, 6.07) is 8.13. The van der Waals surface area contributed by atoms with Gasteiger partial charge in [0.15, 0.2) is 5.82 Å². The summed E-state index contributed by atoms with van der Waals surface area (Å²) in [5, 5.41) is 18.3. The molecule has 3 aromatic rings. The lowest BCUT2D eigenvalue weighted by Crippen LogP contribution is -2.18. The van der Waals surface area contributed by atoms with E-state index in [-0.39, 0.29) is 0 Å². The molecule has 1 aromatic carbocycles. The van der Waals surface area contributed by atoms with E-state index < -0.39 is 0 Å². The average Bonchev–Trinajstić information content (AvgIpc) is 3.37. The molecule has 4 rings (SSSR count). The van der Waals surface area contributed by atoms with Crippen molar-refractivity contribution in [2.24, 2.45) is 0 Å². The van der Waals surface area contributed by atoms with Gasteiger partial charge in [-0.05, 0) is 36.7 Å². The van der Waals surface area contributed by atoms with Gasteiger partial charge < -0.3 is 4.52 Å². The van der Waals surface area contributed by atoms with E-state index in [1.807, 2.05) is 19.2 Å². The minimum absolute atomic E-state index is 0.457. The van der Waals surface area contributed by atoms with Crippen LogP contribution in [-0.2, 0) is 13.1 Å². The normalized spacial score (nSPS) is 15.3. The highest BCUT2D eigenvalue weighted by atomic mass is 16.5. The molecule has 8 heteroatoms. The maximum atomic E-state index is 5.45. The van der Waals surface area contributed by atoms with Crippen molar-refractivity contribution in [3.05, 3.63) is 41.5 Å². The Kier molecular flexibility index (Phi) is 4.51. The molecule has 0 radical (unpaired) electrons. The van der Waals surface area contributed by atoms with Gasteiger partial charge in [0.2, 0.25) is 11.7 Å². The number of hydrogen-bond donors (Lipinski definition) is 1. The maximum Gasteiger partial charge on any atom is 0.229 e. The third-order valence-electron chi connectivity index (χ3n) is 4.58. The van der Waals surface area contributed by atoms with Gasteiger partial charge in [-0.25, -0.2) is 0 Å². The molecule has 0 amide bonds. The highest BCUT2D eigenvalue weighted by molar-refractivity contribution is 5.54. The lowest BCUT2D eigenvalue weighted by molar-refractivity contribution is 0.298. The Bertz CT molecular complexity index is 808. The van der Waals surface area contributed by atoms with Crippen LogP contribution in [0, 0.1) is 0 Å². The molecule has 1 fully saturated rings. The third kappa shape index (κ3) is 3.74. The molecule has 2 heterocycles. The van der Waals surface area contributed by atoms with Crippen molar-refractivity contribution in [1.82, 2.24) is 35.7 Å². The van der Waals surface area contributed by atoms with E-state index in [0.717, 1.165) is 23.8 Å². The van der Waals surface area contributed by atoms with Gasteiger partial charge in [-0.3, -0.25) is 4.90 Å². The largest absolute Gasteiger partial charge is 0.339 e. The SMILES string of the molecule is CN(Cc1cccc(-c2nn[nH]n2)c1)Cc1noc(C2CCCC2)n1. The Morgan fingerprint density at radius 3 is 2.92 bits per heavy atom. The molecule has 0 aliphatic heterocycles. The van der Waals surface area contributed by atoms with Crippen molar-refractivity contribution in [2.45, 2.75) is 44.7 Å². The van der Waals surface area contributed by atoms with E-state index in [0.29, 0.717) is 18.3 Å². The van der Waals surface area contributed by atoms with Crippen LogP contribution in [0.5, 0.6) is 0 Å². The number of rotatable bonds is 6. The van der Waals surface area contributed by atoms with Crippen molar-refractivity contribution in [1.29, 1.82) is 0 Å². The van der Waals surface area contributed by atoms with E-state index in [1.54, 1.807) is 0 Å². The first-order chi connectivity index (χ1) is 12.3. The van der Waals surface area contributed by atoms with Crippen molar-refractivity contribution < 1.29 is 4.52 Å². The van der Waals surface area contributed by atoms with Crippen LogP contribution in [0.1, 0.15) is 48.9 Å². The zero-order valence-electron chi connectivity index (χ0n) is 14.2. The van der Waals surface area contributed by atoms with Crippen LogP contribution in [0.25, 0.3) is 11.4 Å². The van der Waals surface area contributed by atoms with E-state index >= 15 is 0 Å². The summed E-state index contributed by atoms with van der Waals surface area (Å²) in [5.74, 6) is 2.61. The van der Waals surface area contributed by atoms with Crippen LogP contribution in [0.2, 0.25) is 0 Å². The van der Waals surface area contributed by atoms with Crippen molar-refractivity contribution in [3.63, 3.8) is 0 Å². The molecule has 8 nitrogen and oxygen atoms in total. The summed E-state index contributed by atoms with van der Waals surface area (Å²) in [5.41, 5.74) is 2.12. The first kappa shape index (κ1) is 15.9. The molecule has 0 atom stereocenters. The summed E-state index contributed by atoms with van der Waals surface area (Å²) < 4.78 is 5.45. The quantitative estimate of drug-likeness (QED) is 0.737. The Balaban J connectivity index is 1.39. The molecule has 0 unspecified atom stereocenters. The Hall–Kier alpha value is -2.61. The second-order valence-corrected chi connectivity index (χ2v) is 6.64. The van der Waals surface area contributed by atoms with Crippen LogP contribution in [0.15, 0.2) is 28.8 Å². The number of hydrogen-bond acceptors (Lipinski definition) is 7. The fourth-order valence-electron chi connectivity index (χ4n) is 3.37. The monoisotopic (exact) mass is 339 g/mol. The molecule has 1 saturated carbocycles. The van der Waals surface area contributed by atoms with Crippen LogP contribution in [-0.4, -0.2) is 42.7 Å². The standard InChI is InChI=1S/C17H21N7O/c1-24(11-15-18-17(25-21-15)13-6-2-3-7-13)10-12-5-4-8-14(9-12)16-19-22-23-20-16/h4-5,8-9,13H,2-3,6-7,10-11H2,1H3,(H,19,20,22,23). The number of aromatic nitrogens is 6. The average molecular weight is 339 g/mol. The Labute approximate surface area is 145 Å². The Morgan fingerprint density at radius 2 is 2.12 bits per heavy atom. The predicted octanol–water partition coefficient (Wildman–Crippen LogP) is 2.54. The van der Waals surface area contributed by atoms with E-state index in [2.05, 4.69) is 47.8 Å². The van der Waals surface area contributed by atoms with Gasteiger partial charge in [0, 0.05) is 18.0 Å². The molecular weight excluding hydrogens is 318 g/mol. The number of H-pyrrole nitrogens is 1. The molecule has 130 valence electrons. The summed E-state index contributed by atoms with van der Waals surface area (Å²) in [4.78, 5) is 6.75. The highest BCUT2D eigenvalue weighted by Gasteiger charge is 2.23. The topological polar surface area (TPSA) is 96.6 Å². The molecule has 1 N–H and O–H groups in total. The zero-order valence-corrected chi connectivity index (χ0v) is 14.2. The van der Waals surface area contributed by atoms with Gasteiger partial charge in [0.1, 0.15) is 0 Å². The molecule has 0 bridgehead atoms. The molecule has 25 heavy (non-hydrogen) atoms. The van der Waals surface area contributed by atoms with Gasteiger partial charge in [-0.1, -0.05) is 36.2 Å². The van der Waals surface area contributed by atoms with Gasteiger partial charge in [0.05, 0.1) is 6.54 Å². The lowest BCUT2D eigenvalue weighted by atomic mass is 10.1. The molecule has 0 spiro atoms. The molecule has 2 aromatic heterocycles. The third-order valence-corrected chi connectivity index (χ3v) is 4.58. The number of benzene rings is 1. The smallest absolute Gasteiger partial charge is 0.229 e. The molecule has 1 aliphatic rings. The summed E-state index contributed by atoms with van der Waals surface area (Å²) in [6.45, 7) is 1.43. The van der Waals surface area contributed by atoms with Gasteiger partial charge >= 0.3 is 0 Å². The number of nitrogens with zero attached hydrogens (tertiary/aromatic N) is 6. The maximum absolute atomic E-state index is 5.45. The van der Waals surface area contributed by atoms with Gasteiger partial charge in [-0.15, -0.1) is 10.2 Å². The molecule has 0 saturated heterocycles. The van der Waals surface area contributed by atoms with Gasteiger partial charge in [-0.2, -0.15) is 10.2 Å². The minimum Gasteiger partial charge on any atom is -0.339 e. The summed E-state index contributed by atoms with van der Waals surface area (Å²) >= 11 is 0. The highest BCUT2D eigenvalue weighted by Crippen LogP contribution is 2.32. The number of aromatic amines is 1. The lowest BCUT2D eigenvalue weighted by Gasteiger charge is -2.14. The van der Waals surface area contributed by atoms with E-state index in [4.69, 9.17) is 4.52 Å². The first-order valence-electron chi connectivity index (χ1n) is 8.62. The van der Waals surface area contributed by atoms with Crippen molar-refractivity contribution in [3.8, 4) is 11.4 Å². The van der Waals surface area contributed by atoms with Crippen LogP contribution in [0.4, 0.5) is 0 Å². The number of nitrogens with one attached hydrogen (secondary N) is 1. The van der Waals surface area contributed by atoms with Crippen molar-refractivity contribution in [2.75, 3.05) is 7.05 Å². The fraction of sp³-hybridized carbons (Fsp3) is 0.471. The number of tetrazole rings is 1. The van der Waals surface area contributed by atoms with E-state index in [9.17, 15) is 0 Å². The Morgan fingerprint density at radius 1 is 1.24 bits per heavy atom. The van der Waals surface area contributed by atoms with Gasteiger partial charge in [0.25, 0.3) is 0 Å². The fourth-order valence-corrected chi connectivity index (χ4v) is 3.37. The van der Waals surface area contributed by atoms with Crippen molar-refractivity contribution >= 4 is 0 Å². The minimum atomic E-state index is 0.457. The van der Waals surface area contributed by atoms with Crippen LogP contribution in [0.3, 0.4) is 0 Å². The van der Waals surface area contributed by atoms with Crippen LogP contribution < -0.4 is 0 Å². The van der Waals surface area contributed by atoms with Crippen LogP contribution >= 0.6 is 0 Å². The molecular formula is C17H21N7O. The zero-order chi connectivity index (χ0) is 17.1.